The first-order valence-electron chi connectivity index (χ1n) is 3.22. The lowest BCUT2D eigenvalue weighted by Crippen LogP contribution is -2.43. The summed E-state index contributed by atoms with van der Waals surface area (Å²) in [6.45, 7) is 4.06. The molecule has 0 aliphatic carbocycles. The predicted octanol–water partition coefficient (Wildman–Crippen LogP) is -0.770. The maximum Gasteiger partial charge on any atom is 0.0625 e. The van der Waals surface area contributed by atoms with Crippen LogP contribution in [0.25, 0.3) is 0 Å². The van der Waals surface area contributed by atoms with Crippen LogP contribution in [0.3, 0.4) is 0 Å². The van der Waals surface area contributed by atoms with E-state index in [1.807, 2.05) is 14.0 Å². The molecule has 54 valence electrons. The lowest BCUT2D eigenvalue weighted by molar-refractivity contribution is 0.109. The fourth-order valence-corrected chi connectivity index (χ4v) is 0.995. The number of nitrogens with one attached hydrogen (secondary N) is 1. The van der Waals surface area contributed by atoms with Crippen LogP contribution in [0.4, 0.5) is 0 Å². The molecule has 0 aromatic carbocycles. The van der Waals surface area contributed by atoms with Crippen LogP contribution in [0.1, 0.15) is 6.92 Å². The maximum absolute atomic E-state index is 8.91. The third-order valence-corrected chi connectivity index (χ3v) is 2.12. The molecule has 1 heterocycles. The van der Waals surface area contributed by atoms with Crippen molar-refractivity contribution in [3.8, 4) is 0 Å². The van der Waals surface area contributed by atoms with Crippen LogP contribution in [0, 0.1) is 0 Å². The minimum Gasteiger partial charge on any atom is -0.394 e. The fraction of sp³-hybridized carbons (Fsp3) is 1.00. The zero-order valence-electron chi connectivity index (χ0n) is 6.02. The number of nitrogens with zero attached hydrogens (tertiary/aromatic N) is 1. The third kappa shape index (κ3) is 1.08. The minimum atomic E-state index is -0.0278. The van der Waals surface area contributed by atoms with Crippen LogP contribution in [0.5, 0.6) is 0 Å². The summed E-state index contributed by atoms with van der Waals surface area (Å²) in [4.78, 5) is 2.12. The molecule has 1 fully saturated rings. The molecule has 1 aliphatic rings. The van der Waals surface area contributed by atoms with Crippen molar-refractivity contribution in [3.63, 3.8) is 0 Å². The van der Waals surface area contributed by atoms with Crippen molar-refractivity contribution in [2.45, 2.75) is 12.5 Å². The van der Waals surface area contributed by atoms with Gasteiger partial charge in [-0.05, 0) is 14.0 Å². The van der Waals surface area contributed by atoms with Gasteiger partial charge in [0.25, 0.3) is 0 Å². The highest BCUT2D eigenvalue weighted by Gasteiger charge is 2.32. The molecule has 0 aromatic rings. The van der Waals surface area contributed by atoms with E-state index in [9.17, 15) is 0 Å². The Morgan fingerprint density at radius 2 is 2.44 bits per heavy atom. The first-order chi connectivity index (χ1) is 4.19. The lowest BCUT2D eigenvalue weighted by Gasteiger charge is -2.28. The monoisotopic (exact) mass is 130 g/mol. The summed E-state index contributed by atoms with van der Waals surface area (Å²) in [7, 11) is 2.01. The van der Waals surface area contributed by atoms with Gasteiger partial charge in [0, 0.05) is 13.2 Å². The zero-order chi connectivity index (χ0) is 6.91. The van der Waals surface area contributed by atoms with E-state index < -0.39 is 0 Å². The summed E-state index contributed by atoms with van der Waals surface area (Å²) in [6, 6.07) is 0. The Bertz CT molecular complexity index is 107. The number of hydrogen-bond donors (Lipinski definition) is 2. The fourth-order valence-electron chi connectivity index (χ4n) is 0.995. The third-order valence-electron chi connectivity index (χ3n) is 2.12. The molecule has 1 aliphatic heterocycles. The molecule has 3 heteroatoms. The lowest BCUT2D eigenvalue weighted by atomic mass is 10.1. The molecule has 1 unspecified atom stereocenters. The van der Waals surface area contributed by atoms with Gasteiger partial charge in [-0.2, -0.15) is 0 Å². The molecular formula is C6H14N2O. The Balaban J connectivity index is 2.56. The van der Waals surface area contributed by atoms with E-state index in [2.05, 4.69) is 10.2 Å². The maximum atomic E-state index is 8.91. The van der Waals surface area contributed by atoms with Crippen LogP contribution in [-0.4, -0.2) is 42.4 Å². The largest absolute Gasteiger partial charge is 0.394 e. The molecule has 9 heavy (non-hydrogen) atoms. The van der Waals surface area contributed by atoms with E-state index in [-0.39, 0.29) is 12.1 Å². The molecule has 0 aromatic heterocycles. The molecule has 2 N–H and O–H groups in total. The van der Waals surface area contributed by atoms with Gasteiger partial charge in [0.2, 0.25) is 0 Å². The van der Waals surface area contributed by atoms with Gasteiger partial charge in [0.15, 0.2) is 0 Å². The minimum absolute atomic E-state index is 0.0278. The SMILES string of the molecule is CN1CNCC1(C)CO. The van der Waals surface area contributed by atoms with Crippen LogP contribution < -0.4 is 5.32 Å². The van der Waals surface area contributed by atoms with Crippen molar-refractivity contribution in [1.82, 2.24) is 10.2 Å². The Kier molecular flexibility index (Phi) is 1.75. The number of aliphatic hydroxyl groups is 1. The highest BCUT2D eigenvalue weighted by Crippen LogP contribution is 2.14. The zero-order valence-corrected chi connectivity index (χ0v) is 6.02. The van der Waals surface area contributed by atoms with Crippen molar-refractivity contribution in [2.24, 2.45) is 0 Å². The second-order valence-corrected chi connectivity index (χ2v) is 2.94. The van der Waals surface area contributed by atoms with E-state index in [1.165, 1.54) is 0 Å². The van der Waals surface area contributed by atoms with Crippen molar-refractivity contribution < 1.29 is 5.11 Å². The van der Waals surface area contributed by atoms with Gasteiger partial charge >= 0.3 is 0 Å². The van der Waals surface area contributed by atoms with E-state index >= 15 is 0 Å². The van der Waals surface area contributed by atoms with Crippen LogP contribution in [0.2, 0.25) is 0 Å². The number of aliphatic hydroxyl groups excluding tert-OH is 1. The molecule has 0 radical (unpaired) electrons. The van der Waals surface area contributed by atoms with Crippen molar-refractivity contribution in [2.75, 3.05) is 26.9 Å². The summed E-state index contributed by atoms with van der Waals surface area (Å²) in [6.07, 6.45) is 0. The van der Waals surface area contributed by atoms with Crippen LogP contribution >= 0.6 is 0 Å². The molecule has 1 saturated heterocycles. The van der Waals surface area contributed by atoms with Gasteiger partial charge in [-0.1, -0.05) is 0 Å². The first-order valence-corrected chi connectivity index (χ1v) is 3.22. The van der Waals surface area contributed by atoms with Crippen molar-refractivity contribution in [3.05, 3.63) is 0 Å². The van der Waals surface area contributed by atoms with E-state index in [0.29, 0.717) is 0 Å². The van der Waals surface area contributed by atoms with Gasteiger partial charge in [0.05, 0.1) is 12.1 Å². The Labute approximate surface area is 55.7 Å². The Morgan fingerprint density at radius 1 is 1.78 bits per heavy atom. The van der Waals surface area contributed by atoms with Gasteiger partial charge in [0.1, 0.15) is 0 Å². The molecule has 0 spiro atoms. The van der Waals surface area contributed by atoms with Crippen LogP contribution in [-0.2, 0) is 0 Å². The average Bonchev–Trinajstić information content (AvgIpc) is 2.15. The second kappa shape index (κ2) is 2.25. The molecule has 1 rings (SSSR count). The number of likely N-dealkylation sites (N-methyl/N-ethyl adjacent to an activating group) is 1. The standard InChI is InChI=1S/C6H14N2O/c1-6(4-9)3-7-5-8(6)2/h7,9H,3-5H2,1-2H3. The highest BCUT2D eigenvalue weighted by molar-refractivity contribution is 4.90. The van der Waals surface area contributed by atoms with Crippen molar-refractivity contribution in [1.29, 1.82) is 0 Å². The summed E-state index contributed by atoms with van der Waals surface area (Å²) in [5.74, 6) is 0. The quantitative estimate of drug-likeness (QED) is 0.489. The molecule has 3 nitrogen and oxygen atoms in total. The Morgan fingerprint density at radius 3 is 2.67 bits per heavy atom. The van der Waals surface area contributed by atoms with Gasteiger partial charge in [-0.3, -0.25) is 4.90 Å². The second-order valence-electron chi connectivity index (χ2n) is 2.94. The molecule has 0 saturated carbocycles. The van der Waals surface area contributed by atoms with E-state index in [4.69, 9.17) is 5.11 Å². The van der Waals surface area contributed by atoms with Gasteiger partial charge in [-0.25, -0.2) is 0 Å². The topological polar surface area (TPSA) is 35.5 Å². The van der Waals surface area contributed by atoms with Crippen molar-refractivity contribution >= 4 is 0 Å². The van der Waals surface area contributed by atoms with E-state index in [0.717, 1.165) is 13.2 Å². The Hall–Kier alpha value is -0.120. The number of hydrogen-bond acceptors (Lipinski definition) is 3. The summed E-state index contributed by atoms with van der Waals surface area (Å²) in [5, 5.41) is 12.1. The smallest absolute Gasteiger partial charge is 0.0625 e. The summed E-state index contributed by atoms with van der Waals surface area (Å²) < 4.78 is 0. The summed E-state index contributed by atoms with van der Waals surface area (Å²) in [5.41, 5.74) is -0.0278. The van der Waals surface area contributed by atoms with Crippen LogP contribution in [0.15, 0.2) is 0 Å². The van der Waals surface area contributed by atoms with Gasteiger partial charge in [-0.15, -0.1) is 0 Å². The highest BCUT2D eigenvalue weighted by atomic mass is 16.3. The summed E-state index contributed by atoms with van der Waals surface area (Å²) >= 11 is 0. The predicted molar refractivity (Wildman–Crippen MR) is 36.1 cm³/mol. The average molecular weight is 130 g/mol. The first kappa shape index (κ1) is 6.99. The molecule has 1 atom stereocenters. The normalized spacial score (nSPS) is 37.7. The molecular weight excluding hydrogens is 116 g/mol. The molecule has 0 amide bonds. The van der Waals surface area contributed by atoms with E-state index in [1.54, 1.807) is 0 Å². The molecule has 0 bridgehead atoms. The van der Waals surface area contributed by atoms with Gasteiger partial charge < -0.3 is 10.4 Å². The number of rotatable bonds is 1.